The summed E-state index contributed by atoms with van der Waals surface area (Å²) in [5.74, 6) is -1.06. The quantitative estimate of drug-likeness (QED) is 0.369. The van der Waals surface area contributed by atoms with E-state index in [1.807, 2.05) is 0 Å². The van der Waals surface area contributed by atoms with Gasteiger partial charge in [0.25, 0.3) is 5.91 Å². The van der Waals surface area contributed by atoms with Crippen molar-refractivity contribution in [1.82, 2.24) is 5.32 Å². The van der Waals surface area contributed by atoms with Crippen molar-refractivity contribution in [1.29, 1.82) is 0 Å². The first kappa shape index (κ1) is 18.0. The summed E-state index contributed by atoms with van der Waals surface area (Å²) < 4.78 is 4.46. The lowest BCUT2D eigenvalue weighted by Gasteiger charge is -2.08. The molecule has 0 saturated carbocycles. The van der Waals surface area contributed by atoms with Crippen molar-refractivity contribution in [2.24, 2.45) is 10.2 Å². The smallest absolute Gasteiger partial charge is 0.331 e. The lowest BCUT2D eigenvalue weighted by atomic mass is 10.1. The molecule has 1 aromatic carbocycles. The number of nitrogens with zero attached hydrogens (tertiary/aromatic N) is 2. The molecule has 1 amide bonds. The summed E-state index contributed by atoms with van der Waals surface area (Å²) in [4.78, 5) is 23.0. The Morgan fingerprint density at radius 2 is 2.17 bits per heavy atom. The van der Waals surface area contributed by atoms with Crippen LogP contribution in [-0.4, -0.2) is 35.5 Å². The van der Waals surface area contributed by atoms with E-state index in [0.717, 1.165) is 23.4 Å². The second-order valence-corrected chi connectivity index (χ2v) is 6.21. The number of amides is 1. The van der Waals surface area contributed by atoms with Crippen LogP contribution in [-0.2, 0) is 14.3 Å². The lowest BCUT2D eigenvalue weighted by Crippen LogP contribution is -2.19. The molecule has 0 atom stereocenters. The van der Waals surface area contributed by atoms with Gasteiger partial charge in [-0.2, -0.15) is 5.10 Å². The number of ether oxygens (including phenoxy) is 1. The Labute approximate surface area is 147 Å². The second kappa shape index (κ2) is 7.50. The van der Waals surface area contributed by atoms with Crippen LogP contribution in [0.2, 0.25) is 5.02 Å². The van der Waals surface area contributed by atoms with E-state index >= 15 is 0 Å². The minimum absolute atomic E-state index is 0.0349. The van der Waals surface area contributed by atoms with Gasteiger partial charge in [-0.1, -0.05) is 11.6 Å². The summed E-state index contributed by atoms with van der Waals surface area (Å²) in [5, 5.41) is 20.9. The van der Waals surface area contributed by atoms with Gasteiger partial charge >= 0.3 is 5.97 Å². The minimum Gasteiger partial charge on any atom is -0.507 e. The Morgan fingerprint density at radius 3 is 2.83 bits per heavy atom. The molecule has 0 aliphatic carbocycles. The SMILES string of the molecule is COC(=O)/C=C1/S/C(=N\N=Cc2c(O)cc(C)c(Cl)c2C)NC1=O. The van der Waals surface area contributed by atoms with Crippen LogP contribution in [0.4, 0.5) is 0 Å². The first-order valence-electron chi connectivity index (χ1n) is 6.72. The van der Waals surface area contributed by atoms with E-state index in [1.54, 1.807) is 13.8 Å². The number of aromatic hydroxyl groups is 1. The molecule has 0 bridgehead atoms. The maximum atomic E-state index is 11.7. The van der Waals surface area contributed by atoms with Crippen LogP contribution in [0.3, 0.4) is 0 Å². The number of hydrogen-bond acceptors (Lipinski definition) is 7. The number of esters is 1. The summed E-state index contributed by atoms with van der Waals surface area (Å²) in [6.07, 6.45) is 2.42. The van der Waals surface area contributed by atoms with E-state index in [1.165, 1.54) is 19.4 Å². The Hall–Kier alpha value is -2.32. The number of benzene rings is 1. The molecule has 7 nitrogen and oxygen atoms in total. The van der Waals surface area contributed by atoms with E-state index < -0.39 is 11.9 Å². The number of carbonyl (C=O) groups excluding carboxylic acids is 2. The van der Waals surface area contributed by atoms with Crippen molar-refractivity contribution in [2.45, 2.75) is 13.8 Å². The Bertz CT molecular complexity index is 802. The van der Waals surface area contributed by atoms with Gasteiger partial charge < -0.3 is 9.84 Å². The van der Waals surface area contributed by atoms with Gasteiger partial charge in [0.1, 0.15) is 5.75 Å². The van der Waals surface area contributed by atoms with Crippen LogP contribution >= 0.6 is 23.4 Å². The van der Waals surface area contributed by atoms with Crippen LogP contribution in [0.1, 0.15) is 16.7 Å². The van der Waals surface area contributed by atoms with Gasteiger partial charge in [-0.15, -0.1) is 5.10 Å². The van der Waals surface area contributed by atoms with E-state index in [9.17, 15) is 14.7 Å². The zero-order chi connectivity index (χ0) is 17.9. The number of phenolic OH excluding ortho intramolecular Hbond substituents is 1. The molecule has 2 N–H and O–H groups in total. The predicted octanol–water partition coefficient (Wildman–Crippen LogP) is 2.27. The second-order valence-electron chi connectivity index (χ2n) is 4.80. The topological polar surface area (TPSA) is 100 Å². The highest BCUT2D eigenvalue weighted by Gasteiger charge is 2.25. The number of rotatable bonds is 3. The van der Waals surface area contributed by atoms with E-state index in [4.69, 9.17) is 11.6 Å². The highest BCUT2D eigenvalue weighted by Crippen LogP contribution is 2.29. The summed E-state index contributed by atoms with van der Waals surface area (Å²) in [5.41, 5.74) is 1.87. The summed E-state index contributed by atoms with van der Waals surface area (Å²) in [6.45, 7) is 3.54. The third-order valence-corrected chi connectivity index (χ3v) is 4.63. The summed E-state index contributed by atoms with van der Waals surface area (Å²) in [6, 6.07) is 1.53. The van der Waals surface area contributed by atoms with Gasteiger partial charge in [-0.3, -0.25) is 10.1 Å². The van der Waals surface area contributed by atoms with Crippen molar-refractivity contribution in [2.75, 3.05) is 7.11 Å². The van der Waals surface area contributed by atoms with Crippen molar-refractivity contribution in [3.8, 4) is 5.75 Å². The highest BCUT2D eigenvalue weighted by molar-refractivity contribution is 8.18. The van der Waals surface area contributed by atoms with Crippen molar-refractivity contribution < 1.29 is 19.4 Å². The van der Waals surface area contributed by atoms with E-state index in [2.05, 4.69) is 20.3 Å². The van der Waals surface area contributed by atoms with Crippen LogP contribution < -0.4 is 5.32 Å². The number of halogens is 1. The van der Waals surface area contributed by atoms with Gasteiger partial charge in [0.15, 0.2) is 5.17 Å². The summed E-state index contributed by atoms with van der Waals surface area (Å²) in [7, 11) is 1.22. The number of amidine groups is 1. The molecule has 0 unspecified atom stereocenters. The van der Waals surface area contributed by atoms with Crippen molar-refractivity contribution in [3.63, 3.8) is 0 Å². The van der Waals surface area contributed by atoms with Gasteiger partial charge in [0.05, 0.1) is 18.2 Å². The predicted molar refractivity (Wildman–Crippen MR) is 93.5 cm³/mol. The molecule has 1 fully saturated rings. The number of methoxy groups -OCH3 is 1. The Kier molecular flexibility index (Phi) is 5.63. The Morgan fingerprint density at radius 1 is 1.46 bits per heavy atom. The zero-order valence-electron chi connectivity index (χ0n) is 13.1. The zero-order valence-corrected chi connectivity index (χ0v) is 14.7. The minimum atomic E-state index is -0.632. The number of phenols is 1. The molecule has 1 aliphatic heterocycles. The van der Waals surface area contributed by atoms with Gasteiger partial charge in [-0.25, -0.2) is 4.79 Å². The molecule has 126 valence electrons. The van der Waals surface area contributed by atoms with Gasteiger partial charge in [-0.05, 0) is 42.8 Å². The third-order valence-electron chi connectivity index (χ3n) is 3.15. The fraction of sp³-hybridized carbons (Fsp3) is 0.200. The normalized spacial score (nSPS) is 17.8. The molecule has 0 radical (unpaired) electrons. The molecular weight excluding hydrogens is 354 g/mol. The number of aryl methyl sites for hydroxylation is 1. The van der Waals surface area contributed by atoms with Gasteiger partial charge in [0.2, 0.25) is 0 Å². The average molecular weight is 368 g/mol. The molecule has 1 saturated heterocycles. The number of carbonyl (C=O) groups is 2. The summed E-state index contributed by atoms with van der Waals surface area (Å²) >= 11 is 7.10. The average Bonchev–Trinajstić information content (AvgIpc) is 2.88. The maximum Gasteiger partial charge on any atom is 0.331 e. The van der Waals surface area contributed by atoms with Crippen LogP contribution in [0.15, 0.2) is 27.3 Å². The van der Waals surface area contributed by atoms with Crippen LogP contribution in [0.25, 0.3) is 0 Å². The largest absolute Gasteiger partial charge is 0.507 e. The van der Waals surface area contributed by atoms with Crippen molar-refractivity contribution in [3.05, 3.63) is 38.8 Å². The molecule has 0 aromatic heterocycles. The van der Waals surface area contributed by atoms with Crippen LogP contribution in [0, 0.1) is 13.8 Å². The molecule has 0 spiro atoms. The maximum absolute atomic E-state index is 11.7. The molecule has 1 aliphatic rings. The van der Waals surface area contributed by atoms with E-state index in [-0.39, 0.29) is 15.8 Å². The Balaban J connectivity index is 2.19. The fourth-order valence-electron chi connectivity index (χ4n) is 1.90. The number of nitrogens with one attached hydrogen (secondary N) is 1. The lowest BCUT2D eigenvalue weighted by molar-refractivity contribution is -0.135. The highest BCUT2D eigenvalue weighted by atomic mass is 35.5. The molecule has 24 heavy (non-hydrogen) atoms. The monoisotopic (exact) mass is 367 g/mol. The molecule has 1 aromatic rings. The molecule has 1 heterocycles. The van der Waals surface area contributed by atoms with Gasteiger partial charge in [0, 0.05) is 16.7 Å². The fourth-order valence-corrected chi connectivity index (χ4v) is 2.79. The molecule has 2 rings (SSSR count). The first-order valence-corrected chi connectivity index (χ1v) is 7.91. The number of hydrogen-bond donors (Lipinski definition) is 2. The third kappa shape index (κ3) is 3.95. The first-order chi connectivity index (χ1) is 11.3. The standard InChI is InChI=1S/C15H14ClN3O4S/c1-7-4-10(20)9(8(2)13(7)16)6-17-19-15-18-14(22)11(24-15)5-12(21)23-3/h4-6,20H,1-3H3,(H,18,19,22)/b11-5+,17-6?. The van der Waals surface area contributed by atoms with Crippen molar-refractivity contribution >= 4 is 46.6 Å². The number of thioether (sulfide) groups is 1. The molecular formula is C15H14ClN3O4S. The molecule has 9 heteroatoms. The van der Waals surface area contributed by atoms with E-state index in [0.29, 0.717) is 16.1 Å². The van der Waals surface area contributed by atoms with Crippen LogP contribution in [0.5, 0.6) is 5.75 Å².